The summed E-state index contributed by atoms with van der Waals surface area (Å²) >= 11 is 0. The number of aliphatic hydroxyl groups excluding tert-OH is 25. The second-order valence-corrected chi connectivity index (χ2v) is 45.3. The van der Waals surface area contributed by atoms with Gasteiger partial charge in [-0.1, -0.05) is 84.4 Å². The fourth-order valence-corrected chi connectivity index (χ4v) is 25.1. The molecule has 49 nitrogen and oxygen atoms in total. The average molecular weight is 2140 g/mol. The molecule has 0 aromatic rings. The van der Waals surface area contributed by atoms with E-state index in [1.54, 1.807) is 26.0 Å². The Balaban J connectivity index is 0.752. The maximum absolute atomic E-state index is 16.9. The van der Waals surface area contributed by atoms with Gasteiger partial charge in [-0.25, -0.2) is 9.59 Å². The molecule has 0 spiro atoms. The van der Waals surface area contributed by atoms with E-state index < -0.39 is 397 Å². The SMILES string of the molecule is C=CC(C)(O)CCC=C(C)C(=O)OC1COC(OC(C)(C=C)CCC=C(C)C(=O)OC2CC3(C(=O)OC4OC(CO)C(O)C(O)C4OC4OC(C)C(OC5OC(CO)C(O)C5O)C(OC5OC(CO)C(O)C(O)C5O)C4O)C(O)CC4(C)C(=CCC5C6(C)CCC(OC7OC(COC8OCC(O)C(O)C8OC8OCC(O)C(O)C8O)C(O)C(O)C7OC7OC(CO)C(O)C(O)C7O)C(C)(C)C6CCC54C)C3CC2(C)C)C(O)C1O. The van der Waals surface area contributed by atoms with Gasteiger partial charge in [0.05, 0.1) is 82.4 Å². The van der Waals surface area contributed by atoms with Crippen LogP contribution in [0.15, 0.2) is 60.3 Å². The van der Waals surface area contributed by atoms with E-state index in [9.17, 15) is 138 Å². The Morgan fingerprint density at radius 1 is 0.436 bits per heavy atom. The maximum Gasteiger partial charge on any atom is 0.333 e. The van der Waals surface area contributed by atoms with Crippen molar-refractivity contribution in [3.63, 3.8) is 0 Å². The van der Waals surface area contributed by atoms with Crippen molar-refractivity contribution in [2.75, 3.05) is 52.9 Å². The van der Waals surface area contributed by atoms with E-state index >= 15 is 9.59 Å². The van der Waals surface area contributed by atoms with Crippen LogP contribution in [-0.4, -0.2) is 485 Å². The van der Waals surface area contributed by atoms with Crippen LogP contribution in [-0.2, 0) is 109 Å². The number of esters is 3. The van der Waals surface area contributed by atoms with E-state index in [1.165, 1.54) is 32.9 Å². The summed E-state index contributed by atoms with van der Waals surface area (Å²) in [5.41, 5.74) is -8.39. The van der Waals surface area contributed by atoms with Crippen molar-refractivity contribution in [1.29, 1.82) is 0 Å². The van der Waals surface area contributed by atoms with Crippen molar-refractivity contribution < 1.29 is 242 Å². The van der Waals surface area contributed by atoms with Crippen LogP contribution in [0.25, 0.3) is 0 Å². The monoisotopic (exact) mass is 2140 g/mol. The summed E-state index contributed by atoms with van der Waals surface area (Å²) in [4.78, 5) is 45.1. The fraction of sp³-hybridized carbons (Fsp3) is 0.870. The lowest BCUT2D eigenvalue weighted by Gasteiger charge is -2.72. The minimum atomic E-state index is -2.30. The van der Waals surface area contributed by atoms with Gasteiger partial charge >= 0.3 is 17.9 Å². The highest BCUT2D eigenvalue weighted by atomic mass is 16.8. The number of hydrogen-bond acceptors (Lipinski definition) is 49. The van der Waals surface area contributed by atoms with E-state index in [1.807, 2.05) is 34.6 Å². The van der Waals surface area contributed by atoms with E-state index in [0.29, 0.717) is 31.3 Å². The molecule has 9 saturated heterocycles. The van der Waals surface area contributed by atoms with Crippen molar-refractivity contribution in [3.8, 4) is 0 Å². The highest BCUT2D eigenvalue weighted by molar-refractivity contribution is 5.88. The van der Waals surface area contributed by atoms with E-state index in [4.69, 9.17) is 94.7 Å². The zero-order chi connectivity index (χ0) is 109. The maximum atomic E-state index is 16.9. The van der Waals surface area contributed by atoms with Gasteiger partial charge in [0.1, 0.15) is 189 Å². The first-order valence-corrected chi connectivity index (χ1v) is 51.3. The fourth-order valence-electron chi connectivity index (χ4n) is 25.1. The molecule has 26 N–H and O–H groups in total. The highest BCUT2D eigenvalue weighted by Gasteiger charge is 2.75. The largest absolute Gasteiger partial charge is 0.458 e. The summed E-state index contributed by atoms with van der Waals surface area (Å²) in [5.74, 6) is -4.54. The molecule has 14 aliphatic rings. The standard InChI is InChI=1S/C100H158O49/c1-15-95(10,129)25-17-19-40(3)81(126)135-51-38-132-84(71(121)65(51)115)149-96(11,16-2)26-18-20-41(4)82(127)141-57-31-100(92(128)148-91-80(68(118)62(112)49(34-103)139-91)147-88-75(125)77(144-86-73(123)66(116)60(110)47(32-101)136-86)76(42(5)134-88)143-85-72(122)63(113)50(35-104)138-85)44(29-93(57,6)7)43-21-22-54-97(12)27-24-56(94(8,9)53(97)23-28-98(54,13)99(43,14)30-55(100)107)142-90-79(146-87-74(124)67(117)61(111)48(33-102)137-87)69(119)64(114)52(140-90)39-133-89-78(59(109)46(106)37-131-89)145-83-70(120)58(108)45(105)36-130-83/h15-16,19-21,42,44-80,83-91,101-125,129H,1-2,17-18,22-39H2,3-14H3. The van der Waals surface area contributed by atoms with E-state index in [2.05, 4.69) is 33.1 Å². The Kier molecular flexibility index (Phi) is 38.2. The molecule has 53 unspecified atom stereocenters. The lowest BCUT2D eigenvalue weighted by Crippen LogP contribution is -2.70. The molecule has 0 bridgehead atoms. The lowest BCUT2D eigenvalue weighted by atomic mass is 9.33. The van der Waals surface area contributed by atoms with Crippen LogP contribution in [0, 0.1) is 50.2 Å². The normalized spacial score (nSPS) is 48.9. The van der Waals surface area contributed by atoms with Gasteiger partial charge in [0.2, 0.25) is 6.29 Å². The molecule has 0 amide bonds. The number of allylic oxidation sites excluding steroid dienone is 4. The summed E-state index contributed by atoms with van der Waals surface area (Å²) in [6.45, 7) is 23.2. The van der Waals surface area contributed by atoms with Gasteiger partial charge in [0.15, 0.2) is 62.5 Å². The van der Waals surface area contributed by atoms with Crippen LogP contribution >= 0.6 is 0 Å². The molecule has 852 valence electrons. The van der Waals surface area contributed by atoms with Crippen molar-refractivity contribution in [2.45, 2.75) is 442 Å². The molecule has 5 aliphatic carbocycles. The van der Waals surface area contributed by atoms with Gasteiger partial charge in [-0.05, 0) is 145 Å². The number of carbonyl (C=O) groups is 3. The van der Waals surface area contributed by atoms with Gasteiger partial charge in [0, 0.05) is 23.0 Å². The van der Waals surface area contributed by atoms with Crippen LogP contribution in [0.5, 0.6) is 0 Å². The van der Waals surface area contributed by atoms with Crippen LogP contribution in [0.2, 0.25) is 0 Å². The van der Waals surface area contributed by atoms with Crippen LogP contribution in [0.4, 0.5) is 0 Å². The number of carbonyl (C=O) groups excluding carboxylic acids is 3. The number of fused-ring (bicyclic) bond motifs is 7. The van der Waals surface area contributed by atoms with E-state index in [0.717, 1.165) is 0 Å². The summed E-state index contributed by atoms with van der Waals surface area (Å²) in [6.07, 6.45) is -69.5. The van der Waals surface area contributed by atoms with Crippen LogP contribution < -0.4 is 0 Å². The number of hydrogen-bond donors (Lipinski definition) is 26. The molecular formula is C100H158O49. The Bertz CT molecular complexity index is 4580. The molecule has 49 heteroatoms. The van der Waals surface area contributed by atoms with Gasteiger partial charge < -0.3 is 228 Å². The summed E-state index contributed by atoms with van der Waals surface area (Å²) in [7, 11) is 0. The molecular weight excluding hydrogens is 1990 g/mol. The van der Waals surface area contributed by atoms with Gasteiger partial charge in [-0.2, -0.15) is 0 Å². The molecule has 9 heterocycles. The van der Waals surface area contributed by atoms with Crippen molar-refractivity contribution in [2.24, 2.45) is 50.2 Å². The summed E-state index contributed by atoms with van der Waals surface area (Å²) in [6, 6.07) is 0. The molecule has 0 aromatic heterocycles. The third-order valence-corrected chi connectivity index (χ3v) is 34.9. The molecule has 14 rings (SSSR count). The van der Waals surface area contributed by atoms with E-state index in [-0.39, 0.29) is 67.9 Å². The third-order valence-electron chi connectivity index (χ3n) is 34.9. The molecule has 9 aliphatic heterocycles. The molecule has 149 heavy (non-hydrogen) atoms. The quantitative estimate of drug-likeness (QED) is 0.00922. The Hall–Kier alpha value is -4.61. The van der Waals surface area contributed by atoms with Crippen molar-refractivity contribution in [3.05, 3.63) is 60.3 Å². The lowest BCUT2D eigenvalue weighted by molar-refractivity contribution is -0.390. The summed E-state index contributed by atoms with van der Waals surface area (Å²) in [5, 5.41) is 292. The number of ether oxygens (including phenoxy) is 20. The third kappa shape index (κ3) is 23.5. The topological polar surface area (TPSA) is 762 Å². The average Bonchev–Trinajstić information content (AvgIpc) is 0.900. The molecule has 4 saturated carbocycles. The molecule has 0 aromatic carbocycles. The van der Waals surface area contributed by atoms with Gasteiger partial charge in [0.25, 0.3) is 0 Å². The van der Waals surface area contributed by atoms with Crippen LogP contribution in [0.3, 0.4) is 0 Å². The zero-order valence-electron chi connectivity index (χ0n) is 85.6. The smallest absolute Gasteiger partial charge is 0.333 e. The first kappa shape index (κ1) is 120. The van der Waals surface area contributed by atoms with Gasteiger partial charge in [-0.3, -0.25) is 4.79 Å². The molecule has 53 atom stereocenters. The Labute approximate surface area is 861 Å². The Morgan fingerprint density at radius 3 is 1.47 bits per heavy atom. The second kappa shape index (κ2) is 47.5. The first-order chi connectivity index (χ1) is 69.9. The first-order valence-electron chi connectivity index (χ1n) is 51.3. The molecule has 13 fully saturated rings. The zero-order valence-corrected chi connectivity index (χ0v) is 85.6. The second-order valence-electron chi connectivity index (χ2n) is 45.3. The molecule has 0 radical (unpaired) electrons. The highest BCUT2D eigenvalue weighted by Crippen LogP contribution is 2.77. The summed E-state index contributed by atoms with van der Waals surface area (Å²) < 4.78 is 122. The number of rotatable bonds is 35. The van der Waals surface area contributed by atoms with Crippen molar-refractivity contribution >= 4 is 17.9 Å². The predicted molar refractivity (Wildman–Crippen MR) is 499 cm³/mol. The van der Waals surface area contributed by atoms with Crippen LogP contribution in [0.1, 0.15) is 160 Å². The van der Waals surface area contributed by atoms with Gasteiger partial charge in [-0.15, -0.1) is 13.2 Å². The number of aliphatic hydroxyl groups is 26. The Morgan fingerprint density at radius 2 is 0.899 bits per heavy atom. The predicted octanol–water partition coefficient (Wildman–Crippen LogP) is -6.96. The minimum absolute atomic E-state index is 0.0413. The van der Waals surface area contributed by atoms with Crippen molar-refractivity contribution in [1.82, 2.24) is 0 Å². The minimum Gasteiger partial charge on any atom is -0.458 e.